The maximum Gasteiger partial charge on any atom is 0.0805 e. The van der Waals surface area contributed by atoms with Crippen molar-refractivity contribution in [3.8, 4) is 0 Å². The normalized spacial score (nSPS) is 11.6. The zero-order valence-corrected chi connectivity index (χ0v) is 24.1. The number of anilines is 2. The fourth-order valence-corrected chi connectivity index (χ4v) is 5.11. The second-order valence-corrected chi connectivity index (χ2v) is 9.55. The topological polar surface area (TPSA) is 56.3 Å². The lowest BCUT2D eigenvalue weighted by atomic mass is 10.0. The zero-order chi connectivity index (χ0) is 25.7. The number of likely N-dealkylation sites (N-methyl/N-ethyl adjacent to an activating group) is 2. The molecule has 0 atom stereocenters. The maximum atomic E-state index is 4.98. The third-order valence-corrected chi connectivity index (χ3v) is 7.28. The SMILES string of the molecule is CCN(CC)CCNc1cc(C)nc2c1ccc1c2ccc2c(NCCN(CC)CC)cc(C)nc21.Cl. The molecule has 0 spiro atoms. The quantitative estimate of drug-likeness (QED) is 0.208. The van der Waals surface area contributed by atoms with E-state index in [0.29, 0.717) is 0 Å². The third-order valence-electron chi connectivity index (χ3n) is 7.28. The first-order valence-electron chi connectivity index (χ1n) is 13.6. The molecule has 4 rings (SSSR count). The van der Waals surface area contributed by atoms with Crippen molar-refractivity contribution in [3.63, 3.8) is 0 Å². The molecule has 0 aliphatic rings. The predicted octanol–water partition coefficient (Wildman–Crippen LogP) is 6.48. The molecule has 2 heterocycles. The summed E-state index contributed by atoms with van der Waals surface area (Å²) in [7, 11) is 0. The monoisotopic (exact) mass is 522 g/mol. The molecular weight excluding hydrogens is 480 g/mol. The van der Waals surface area contributed by atoms with Crippen LogP contribution in [0, 0.1) is 13.8 Å². The number of pyridine rings is 2. The van der Waals surface area contributed by atoms with Gasteiger partial charge in [0, 0.05) is 70.5 Å². The van der Waals surface area contributed by atoms with Crippen molar-refractivity contribution >= 4 is 56.4 Å². The molecule has 6 nitrogen and oxygen atoms in total. The van der Waals surface area contributed by atoms with E-state index >= 15 is 0 Å². The van der Waals surface area contributed by atoms with E-state index in [0.717, 1.165) is 108 Å². The van der Waals surface area contributed by atoms with E-state index in [1.54, 1.807) is 0 Å². The molecule has 0 saturated carbocycles. The Morgan fingerprint density at radius 1 is 0.595 bits per heavy atom. The molecule has 0 amide bonds. The second kappa shape index (κ2) is 13.2. The van der Waals surface area contributed by atoms with Gasteiger partial charge in [-0.15, -0.1) is 12.4 Å². The van der Waals surface area contributed by atoms with Crippen LogP contribution in [-0.2, 0) is 0 Å². The highest BCUT2D eigenvalue weighted by atomic mass is 35.5. The molecule has 37 heavy (non-hydrogen) atoms. The van der Waals surface area contributed by atoms with E-state index < -0.39 is 0 Å². The van der Waals surface area contributed by atoms with Gasteiger partial charge in [-0.05, 0) is 52.2 Å². The van der Waals surface area contributed by atoms with Crippen LogP contribution in [0.25, 0.3) is 32.6 Å². The van der Waals surface area contributed by atoms with Crippen molar-refractivity contribution in [1.82, 2.24) is 19.8 Å². The van der Waals surface area contributed by atoms with Gasteiger partial charge in [0.1, 0.15) is 0 Å². The van der Waals surface area contributed by atoms with Gasteiger partial charge in [-0.3, -0.25) is 9.97 Å². The van der Waals surface area contributed by atoms with Crippen molar-refractivity contribution in [2.45, 2.75) is 41.5 Å². The Kier molecular flexibility index (Phi) is 10.3. The summed E-state index contributed by atoms with van der Waals surface area (Å²) in [6.07, 6.45) is 0. The number of aryl methyl sites for hydroxylation is 2. The van der Waals surface area contributed by atoms with Crippen LogP contribution in [0.1, 0.15) is 39.1 Å². The number of nitrogens with zero attached hydrogens (tertiary/aromatic N) is 4. The summed E-state index contributed by atoms with van der Waals surface area (Å²) in [5, 5.41) is 12.0. The molecule has 0 aliphatic heterocycles. The Morgan fingerprint density at radius 2 is 0.946 bits per heavy atom. The zero-order valence-electron chi connectivity index (χ0n) is 23.3. The van der Waals surface area contributed by atoms with Crippen LogP contribution in [0.2, 0.25) is 0 Å². The van der Waals surface area contributed by atoms with Crippen LogP contribution in [0.15, 0.2) is 36.4 Å². The van der Waals surface area contributed by atoms with Crippen LogP contribution in [0.4, 0.5) is 11.4 Å². The number of hydrogen-bond donors (Lipinski definition) is 2. The smallest absolute Gasteiger partial charge is 0.0805 e. The molecule has 2 N–H and O–H groups in total. The van der Waals surface area contributed by atoms with E-state index in [4.69, 9.17) is 9.97 Å². The van der Waals surface area contributed by atoms with E-state index in [2.05, 4.69) is 98.4 Å². The lowest BCUT2D eigenvalue weighted by Crippen LogP contribution is -2.28. The van der Waals surface area contributed by atoms with Gasteiger partial charge in [0.25, 0.3) is 0 Å². The summed E-state index contributed by atoms with van der Waals surface area (Å²) in [6.45, 7) is 21.2. The van der Waals surface area contributed by atoms with Crippen LogP contribution in [0.5, 0.6) is 0 Å². The fraction of sp³-hybridized carbons (Fsp3) is 0.467. The van der Waals surface area contributed by atoms with Crippen molar-refractivity contribution < 1.29 is 0 Å². The van der Waals surface area contributed by atoms with Gasteiger partial charge in [0.2, 0.25) is 0 Å². The van der Waals surface area contributed by atoms with E-state index in [9.17, 15) is 0 Å². The molecule has 0 unspecified atom stereocenters. The first-order chi connectivity index (χ1) is 17.5. The summed E-state index contributed by atoms with van der Waals surface area (Å²) < 4.78 is 0. The fourth-order valence-electron chi connectivity index (χ4n) is 5.11. The molecule has 0 radical (unpaired) electrons. The molecule has 7 heteroatoms. The average molecular weight is 523 g/mol. The Hall–Kier alpha value is -2.67. The first kappa shape index (κ1) is 28.9. The predicted molar refractivity (Wildman–Crippen MR) is 164 cm³/mol. The van der Waals surface area contributed by atoms with Crippen molar-refractivity contribution in [2.24, 2.45) is 0 Å². The number of nitrogens with one attached hydrogen (secondary N) is 2. The van der Waals surface area contributed by atoms with Gasteiger partial charge in [-0.1, -0.05) is 52.0 Å². The third kappa shape index (κ3) is 6.43. The minimum Gasteiger partial charge on any atom is -0.383 e. The Balaban J connectivity index is 0.00000380. The first-order valence-corrected chi connectivity index (χ1v) is 13.6. The minimum atomic E-state index is 0. The second-order valence-electron chi connectivity index (χ2n) is 9.55. The number of hydrogen-bond acceptors (Lipinski definition) is 6. The molecular formula is C30H43ClN6. The number of fused-ring (bicyclic) bond motifs is 5. The lowest BCUT2D eigenvalue weighted by molar-refractivity contribution is 0.316. The van der Waals surface area contributed by atoms with E-state index in [1.165, 1.54) is 0 Å². The van der Waals surface area contributed by atoms with Crippen molar-refractivity contribution in [1.29, 1.82) is 0 Å². The summed E-state index contributed by atoms with van der Waals surface area (Å²) in [4.78, 5) is 14.8. The van der Waals surface area contributed by atoms with E-state index in [1.807, 2.05) is 0 Å². The molecule has 4 aromatic rings. The molecule has 0 aliphatic carbocycles. The van der Waals surface area contributed by atoms with Gasteiger partial charge in [0.05, 0.1) is 11.0 Å². The molecule has 0 saturated heterocycles. The minimum absolute atomic E-state index is 0. The number of halogens is 1. The standard InChI is InChI=1S/C30H42N6.ClH/c1-7-35(8-2)17-15-31-27-19-21(5)33-29-23-12-14-26-28(32-16-18-36(9-3)10-4)20-22(6)34-30(26)24(23)11-13-25(27)29;/h11-14,19-20H,7-10,15-18H2,1-6H3,(H,31,33)(H,32,34);1H. The Labute approximate surface area is 228 Å². The molecule has 0 bridgehead atoms. The largest absolute Gasteiger partial charge is 0.383 e. The summed E-state index contributed by atoms with van der Waals surface area (Å²) in [6, 6.07) is 13.2. The summed E-state index contributed by atoms with van der Waals surface area (Å²) in [5.74, 6) is 0. The summed E-state index contributed by atoms with van der Waals surface area (Å²) >= 11 is 0. The summed E-state index contributed by atoms with van der Waals surface area (Å²) in [5.41, 5.74) is 6.44. The van der Waals surface area contributed by atoms with Crippen LogP contribution in [-0.4, -0.2) is 72.1 Å². The molecule has 2 aromatic carbocycles. The lowest BCUT2D eigenvalue weighted by Gasteiger charge is -2.20. The highest BCUT2D eigenvalue weighted by molar-refractivity contribution is 6.18. The Morgan fingerprint density at radius 3 is 1.30 bits per heavy atom. The highest BCUT2D eigenvalue weighted by Crippen LogP contribution is 2.35. The van der Waals surface area contributed by atoms with Gasteiger partial charge < -0.3 is 20.4 Å². The molecule has 2 aromatic heterocycles. The van der Waals surface area contributed by atoms with E-state index in [-0.39, 0.29) is 12.4 Å². The average Bonchev–Trinajstić information content (AvgIpc) is 2.88. The molecule has 0 fully saturated rings. The van der Waals surface area contributed by atoms with Crippen LogP contribution >= 0.6 is 12.4 Å². The van der Waals surface area contributed by atoms with Gasteiger partial charge in [-0.2, -0.15) is 0 Å². The van der Waals surface area contributed by atoms with Crippen LogP contribution < -0.4 is 10.6 Å². The number of aromatic nitrogens is 2. The molecule has 200 valence electrons. The number of benzene rings is 2. The van der Waals surface area contributed by atoms with Gasteiger partial charge in [0.15, 0.2) is 0 Å². The van der Waals surface area contributed by atoms with Gasteiger partial charge in [-0.25, -0.2) is 0 Å². The van der Waals surface area contributed by atoms with Gasteiger partial charge >= 0.3 is 0 Å². The highest BCUT2D eigenvalue weighted by Gasteiger charge is 2.13. The van der Waals surface area contributed by atoms with Crippen molar-refractivity contribution in [3.05, 3.63) is 47.8 Å². The Bertz CT molecular complexity index is 1230. The van der Waals surface area contributed by atoms with Crippen molar-refractivity contribution in [2.75, 3.05) is 63.0 Å². The maximum absolute atomic E-state index is 4.98. The van der Waals surface area contributed by atoms with Crippen LogP contribution in [0.3, 0.4) is 0 Å². The number of rotatable bonds is 12.